The molecule has 0 radical (unpaired) electrons. The van der Waals surface area contributed by atoms with Gasteiger partial charge in [0, 0.05) is 31.6 Å². The van der Waals surface area contributed by atoms with Gasteiger partial charge in [0.25, 0.3) is 0 Å². The van der Waals surface area contributed by atoms with Gasteiger partial charge >= 0.3 is 0 Å². The minimum atomic E-state index is -3.13. The molecule has 7 nitrogen and oxygen atoms in total. The number of pyridine rings is 1. The summed E-state index contributed by atoms with van der Waals surface area (Å²) in [6.07, 6.45) is 6.60. The van der Waals surface area contributed by atoms with E-state index in [1.807, 2.05) is 26.0 Å². The Hall–Kier alpha value is -1.67. The van der Waals surface area contributed by atoms with Crippen LogP contribution in [0.15, 0.2) is 18.3 Å². The first-order valence-corrected chi connectivity index (χ1v) is 11.9. The van der Waals surface area contributed by atoms with E-state index in [4.69, 9.17) is 0 Å². The molecule has 1 aromatic rings. The van der Waals surface area contributed by atoms with Crippen LogP contribution in [0.1, 0.15) is 46.0 Å². The highest BCUT2D eigenvalue weighted by atomic mass is 32.2. The van der Waals surface area contributed by atoms with Crippen molar-refractivity contribution in [2.75, 3.05) is 29.9 Å². The van der Waals surface area contributed by atoms with Crippen molar-refractivity contribution in [2.45, 2.75) is 57.2 Å². The summed E-state index contributed by atoms with van der Waals surface area (Å²) in [5, 5.41) is 2.72. The number of rotatable bonds is 5. The lowest BCUT2D eigenvalue weighted by Crippen LogP contribution is -2.41. The molecule has 2 saturated heterocycles. The molecule has 1 aliphatic carbocycles. The van der Waals surface area contributed by atoms with Crippen LogP contribution in [0.2, 0.25) is 0 Å². The lowest BCUT2D eigenvalue weighted by atomic mass is 9.98. The van der Waals surface area contributed by atoms with Crippen molar-refractivity contribution in [3.05, 3.63) is 18.3 Å². The summed E-state index contributed by atoms with van der Waals surface area (Å²) in [5.41, 5.74) is 0.693. The third-order valence-corrected chi connectivity index (χ3v) is 8.47. The van der Waals surface area contributed by atoms with Crippen molar-refractivity contribution in [3.63, 3.8) is 0 Å². The number of sulfonamides is 1. The molecule has 28 heavy (non-hydrogen) atoms. The number of hydrogen-bond donors (Lipinski definition) is 1. The largest absolute Gasteiger partial charge is 0.352 e. The predicted octanol–water partition coefficient (Wildman–Crippen LogP) is 2.46. The molecule has 154 valence electrons. The number of carbonyl (C=O) groups excluding carboxylic acids is 1. The van der Waals surface area contributed by atoms with Crippen molar-refractivity contribution in [1.82, 2.24) is 9.29 Å². The Balaban J connectivity index is 1.51. The van der Waals surface area contributed by atoms with E-state index in [2.05, 4.69) is 15.2 Å². The summed E-state index contributed by atoms with van der Waals surface area (Å²) in [6.45, 7) is 5.81. The molecule has 1 amide bonds. The zero-order valence-electron chi connectivity index (χ0n) is 16.7. The topological polar surface area (TPSA) is 82.6 Å². The summed E-state index contributed by atoms with van der Waals surface area (Å²) < 4.78 is 27.2. The van der Waals surface area contributed by atoms with Crippen LogP contribution in [-0.4, -0.2) is 54.5 Å². The van der Waals surface area contributed by atoms with Crippen LogP contribution in [0, 0.1) is 11.8 Å². The highest BCUT2D eigenvalue weighted by Crippen LogP contribution is 2.38. The second kappa shape index (κ2) is 7.63. The van der Waals surface area contributed by atoms with E-state index >= 15 is 0 Å². The smallest absolute Gasteiger partial charge is 0.226 e. The van der Waals surface area contributed by atoms with Crippen molar-refractivity contribution in [3.8, 4) is 0 Å². The fraction of sp³-hybridized carbons (Fsp3) is 0.700. The van der Waals surface area contributed by atoms with Gasteiger partial charge in [-0.15, -0.1) is 0 Å². The first kappa shape index (κ1) is 19.6. The molecule has 0 bridgehead atoms. The third kappa shape index (κ3) is 3.89. The number of anilines is 2. The second-order valence-corrected chi connectivity index (χ2v) is 10.8. The number of carbonyl (C=O) groups is 1. The quantitative estimate of drug-likeness (QED) is 0.812. The lowest BCUT2D eigenvalue weighted by Gasteiger charge is -2.31. The molecule has 8 heteroatoms. The van der Waals surface area contributed by atoms with Crippen LogP contribution < -0.4 is 10.2 Å². The van der Waals surface area contributed by atoms with Gasteiger partial charge in [-0.2, -0.15) is 4.31 Å². The van der Waals surface area contributed by atoms with Crippen molar-refractivity contribution >= 4 is 27.4 Å². The number of aromatic nitrogens is 1. The third-order valence-electron chi connectivity index (χ3n) is 6.14. The van der Waals surface area contributed by atoms with Gasteiger partial charge < -0.3 is 10.2 Å². The van der Waals surface area contributed by atoms with Gasteiger partial charge in [0.1, 0.15) is 5.82 Å². The van der Waals surface area contributed by atoms with Crippen LogP contribution in [0.3, 0.4) is 0 Å². The molecule has 2 atom stereocenters. The van der Waals surface area contributed by atoms with Crippen molar-refractivity contribution < 1.29 is 13.2 Å². The summed E-state index contributed by atoms with van der Waals surface area (Å²) in [5.74, 6) is 1.12. The Morgan fingerprint density at radius 2 is 1.96 bits per heavy atom. The van der Waals surface area contributed by atoms with Gasteiger partial charge in [-0.25, -0.2) is 13.4 Å². The monoisotopic (exact) mass is 406 g/mol. The Morgan fingerprint density at radius 1 is 1.18 bits per heavy atom. The van der Waals surface area contributed by atoms with Gasteiger partial charge in [-0.1, -0.05) is 20.3 Å². The fourth-order valence-electron chi connectivity index (χ4n) is 4.29. The molecule has 1 N–H and O–H groups in total. The van der Waals surface area contributed by atoms with Crippen LogP contribution in [0.25, 0.3) is 0 Å². The van der Waals surface area contributed by atoms with Crippen LogP contribution >= 0.6 is 0 Å². The second-order valence-electron chi connectivity index (χ2n) is 8.63. The molecule has 1 saturated carbocycles. The Labute approximate surface area is 167 Å². The number of hydrogen-bond acceptors (Lipinski definition) is 5. The Morgan fingerprint density at radius 3 is 2.61 bits per heavy atom. The minimum Gasteiger partial charge on any atom is -0.352 e. The number of nitrogens with zero attached hydrogens (tertiary/aromatic N) is 3. The molecule has 0 aromatic carbocycles. The van der Waals surface area contributed by atoms with Crippen molar-refractivity contribution in [1.29, 1.82) is 0 Å². The predicted molar refractivity (Wildman–Crippen MR) is 110 cm³/mol. The van der Waals surface area contributed by atoms with E-state index in [0.29, 0.717) is 24.7 Å². The molecule has 0 spiro atoms. The molecular weight excluding hydrogens is 376 g/mol. The SMILES string of the molecule is CC(C)C(=O)Nc1ccc(N2CCCC[C@@H]3CN(S(=O)(=O)C4CC4)C[C@@H]32)nc1. The first-order chi connectivity index (χ1) is 13.4. The van der Waals surface area contributed by atoms with Gasteiger partial charge in [-0.05, 0) is 43.7 Å². The summed E-state index contributed by atoms with van der Waals surface area (Å²) in [7, 11) is -3.13. The maximum atomic E-state index is 12.7. The van der Waals surface area contributed by atoms with Crippen LogP contribution in [-0.2, 0) is 14.8 Å². The summed E-state index contributed by atoms with van der Waals surface area (Å²) in [4.78, 5) is 18.8. The van der Waals surface area contributed by atoms with E-state index in [0.717, 1.165) is 44.5 Å². The zero-order chi connectivity index (χ0) is 19.9. The fourth-order valence-corrected chi connectivity index (χ4v) is 6.21. The van der Waals surface area contributed by atoms with Gasteiger partial charge in [-0.3, -0.25) is 4.79 Å². The maximum absolute atomic E-state index is 12.7. The molecule has 0 unspecified atom stereocenters. The minimum absolute atomic E-state index is 0.0268. The summed E-state index contributed by atoms with van der Waals surface area (Å²) in [6, 6.07) is 4.01. The molecule has 4 rings (SSSR count). The Bertz CT molecular complexity index is 820. The number of nitrogens with one attached hydrogen (secondary N) is 1. The highest BCUT2D eigenvalue weighted by molar-refractivity contribution is 7.90. The first-order valence-electron chi connectivity index (χ1n) is 10.4. The maximum Gasteiger partial charge on any atom is 0.226 e. The number of amides is 1. The van der Waals surface area contributed by atoms with Gasteiger partial charge in [0.2, 0.25) is 15.9 Å². The molecule has 3 fully saturated rings. The molecular formula is C20H30N4O3S. The molecule has 3 aliphatic rings. The average Bonchev–Trinajstić information content (AvgIpc) is 3.47. The van der Waals surface area contributed by atoms with E-state index in [-0.39, 0.29) is 23.1 Å². The van der Waals surface area contributed by atoms with Crippen LogP contribution in [0.4, 0.5) is 11.5 Å². The van der Waals surface area contributed by atoms with Gasteiger partial charge in [0.15, 0.2) is 0 Å². The number of fused-ring (bicyclic) bond motifs is 1. The van der Waals surface area contributed by atoms with E-state index in [9.17, 15) is 13.2 Å². The van der Waals surface area contributed by atoms with Gasteiger partial charge in [0.05, 0.1) is 17.1 Å². The standard InChI is InChI=1S/C20H30N4O3S/c1-14(2)20(25)22-16-6-9-19(21-11-16)24-10-4-3-5-15-12-23(13-18(15)24)28(26,27)17-7-8-17/h6,9,11,14-15,17-18H,3-5,7-8,10,12-13H2,1-2H3,(H,22,25)/t15-,18+/m1/s1. The van der Waals surface area contributed by atoms with Crippen LogP contribution in [0.5, 0.6) is 0 Å². The molecule has 1 aromatic heterocycles. The highest BCUT2D eigenvalue weighted by Gasteiger charge is 2.47. The average molecular weight is 407 g/mol. The summed E-state index contributed by atoms with van der Waals surface area (Å²) >= 11 is 0. The van der Waals surface area contributed by atoms with E-state index in [1.165, 1.54) is 0 Å². The lowest BCUT2D eigenvalue weighted by molar-refractivity contribution is -0.118. The van der Waals surface area contributed by atoms with E-state index in [1.54, 1.807) is 10.5 Å². The van der Waals surface area contributed by atoms with Crippen molar-refractivity contribution in [2.24, 2.45) is 11.8 Å². The van der Waals surface area contributed by atoms with E-state index < -0.39 is 10.0 Å². The normalized spacial score (nSPS) is 26.2. The molecule has 3 heterocycles. The zero-order valence-corrected chi connectivity index (χ0v) is 17.5. The molecule has 2 aliphatic heterocycles. The Kier molecular flexibility index (Phi) is 5.35.